The number of rotatable bonds is 40. The molecule has 0 aromatic carbocycles. The summed E-state index contributed by atoms with van der Waals surface area (Å²) in [6, 6.07) is 0. The molecule has 1 aliphatic carbocycles. The first kappa shape index (κ1) is 49.6. The van der Waals surface area contributed by atoms with E-state index >= 15 is 0 Å². The van der Waals surface area contributed by atoms with Crippen molar-refractivity contribution in [3.05, 3.63) is 35.6 Å². The number of allylic oxidation sites excluding steroid dienone is 6. The summed E-state index contributed by atoms with van der Waals surface area (Å²) >= 11 is 0. The van der Waals surface area contributed by atoms with Gasteiger partial charge in [-0.2, -0.15) is 0 Å². The molecular weight excluding hydrogens is 685 g/mol. The second kappa shape index (κ2) is 36.2. The van der Waals surface area contributed by atoms with Crippen LogP contribution in [0.25, 0.3) is 0 Å². The van der Waals surface area contributed by atoms with Crippen molar-refractivity contribution in [1.29, 1.82) is 0 Å². The van der Waals surface area contributed by atoms with Crippen LogP contribution < -0.4 is 5.73 Å². The number of phosphoric ester groups is 1. The van der Waals surface area contributed by atoms with Crippen molar-refractivity contribution in [2.75, 3.05) is 26.4 Å². The van der Waals surface area contributed by atoms with Crippen LogP contribution in [0.15, 0.2) is 35.6 Å². The molecule has 0 spiro atoms. The molecule has 3 N–H and O–H groups in total. The molecule has 0 aromatic heterocycles. The molecule has 9 heteroatoms. The molecule has 0 aromatic rings. The van der Waals surface area contributed by atoms with Crippen molar-refractivity contribution in [2.24, 2.45) is 5.73 Å². The zero-order valence-corrected chi connectivity index (χ0v) is 35.2. The Labute approximate surface area is 326 Å². The van der Waals surface area contributed by atoms with Crippen molar-refractivity contribution in [3.63, 3.8) is 0 Å². The van der Waals surface area contributed by atoms with Crippen LogP contribution in [0, 0.1) is 0 Å². The maximum Gasteiger partial charge on any atom is 0.472 e. The number of hydrogen-bond donors (Lipinski definition) is 2. The Kier molecular flexibility index (Phi) is 33.9. The molecule has 1 unspecified atom stereocenters. The molecule has 2 atom stereocenters. The fourth-order valence-corrected chi connectivity index (χ4v) is 7.09. The van der Waals surface area contributed by atoms with Gasteiger partial charge in [-0.3, -0.25) is 13.8 Å². The van der Waals surface area contributed by atoms with Gasteiger partial charge in [0.15, 0.2) is 6.10 Å². The summed E-state index contributed by atoms with van der Waals surface area (Å²) in [6.07, 6.45) is 43.8. The molecule has 0 aliphatic heterocycles. The lowest BCUT2D eigenvalue weighted by atomic mass is 10.1. The smallest absolute Gasteiger partial charge is 0.472 e. The molecule has 1 saturated carbocycles. The number of ether oxygens (including phenoxy) is 2. The lowest BCUT2D eigenvalue weighted by Gasteiger charge is -2.21. The van der Waals surface area contributed by atoms with Gasteiger partial charge in [-0.1, -0.05) is 141 Å². The standard InChI is InChI=1S/C44H82NO7P/c1-3-5-7-9-11-13-15-17-19-21-23-25-27-29-31-33-43(41-35-36-41)49-39-42(40-51-53(47,48)50-38-37-45)52-44(46)34-32-30-28-26-24-22-20-18-16-14-12-10-8-6-4-2/h17-20,42H,3-16,21-40,45H2,1-2H3,(H,47,48)/b19-17-,20-18-/t42-/m1/s1. The molecule has 1 aliphatic rings. The molecule has 0 heterocycles. The molecule has 0 amide bonds. The number of phosphoric acid groups is 1. The first-order chi connectivity index (χ1) is 25.9. The molecule has 0 bridgehead atoms. The minimum atomic E-state index is -4.31. The summed E-state index contributed by atoms with van der Waals surface area (Å²) in [5.41, 5.74) is 6.72. The number of esters is 1. The normalized spacial score (nSPS) is 14.6. The van der Waals surface area contributed by atoms with Gasteiger partial charge >= 0.3 is 13.8 Å². The average Bonchev–Trinajstić information content (AvgIpc) is 4.00. The summed E-state index contributed by atoms with van der Waals surface area (Å²) in [5.74, 6) is 0.640. The van der Waals surface area contributed by atoms with Gasteiger partial charge in [-0.05, 0) is 82.6 Å². The van der Waals surface area contributed by atoms with E-state index in [2.05, 4.69) is 38.2 Å². The zero-order chi connectivity index (χ0) is 38.5. The van der Waals surface area contributed by atoms with E-state index < -0.39 is 13.9 Å². The van der Waals surface area contributed by atoms with Crippen LogP contribution in [0.5, 0.6) is 0 Å². The first-order valence-corrected chi connectivity index (χ1v) is 23.6. The van der Waals surface area contributed by atoms with Gasteiger partial charge in [0.25, 0.3) is 0 Å². The Morgan fingerprint density at radius 2 is 1.08 bits per heavy atom. The van der Waals surface area contributed by atoms with Crippen molar-refractivity contribution in [2.45, 2.75) is 213 Å². The highest BCUT2D eigenvalue weighted by atomic mass is 31.2. The van der Waals surface area contributed by atoms with E-state index in [-0.39, 0.29) is 32.3 Å². The topological polar surface area (TPSA) is 117 Å². The third kappa shape index (κ3) is 33.6. The summed E-state index contributed by atoms with van der Waals surface area (Å²) in [7, 11) is -4.31. The van der Waals surface area contributed by atoms with Crippen molar-refractivity contribution in [3.8, 4) is 0 Å². The third-order valence-electron chi connectivity index (χ3n) is 9.74. The lowest BCUT2D eigenvalue weighted by molar-refractivity contribution is -0.153. The fraction of sp³-hybridized carbons (Fsp3) is 0.841. The number of hydrogen-bond acceptors (Lipinski definition) is 7. The fourth-order valence-electron chi connectivity index (χ4n) is 6.33. The molecule has 53 heavy (non-hydrogen) atoms. The number of nitrogens with two attached hydrogens (primary N) is 1. The minimum Gasteiger partial charge on any atom is -0.494 e. The third-order valence-corrected chi connectivity index (χ3v) is 10.7. The quantitative estimate of drug-likeness (QED) is 0.0208. The molecule has 1 rings (SSSR count). The summed E-state index contributed by atoms with van der Waals surface area (Å²) < 4.78 is 34.2. The Morgan fingerprint density at radius 1 is 0.642 bits per heavy atom. The Hall–Kier alpha value is -1.44. The van der Waals surface area contributed by atoms with Gasteiger partial charge in [0.05, 0.1) is 19.0 Å². The van der Waals surface area contributed by atoms with Crippen LogP contribution in [-0.2, 0) is 27.9 Å². The maximum atomic E-state index is 12.8. The molecule has 0 radical (unpaired) electrons. The van der Waals surface area contributed by atoms with Crippen LogP contribution in [0.1, 0.15) is 206 Å². The second-order valence-electron chi connectivity index (χ2n) is 15.0. The predicted octanol–water partition coefficient (Wildman–Crippen LogP) is 13.1. The molecule has 310 valence electrons. The van der Waals surface area contributed by atoms with Gasteiger partial charge in [-0.25, -0.2) is 4.57 Å². The summed E-state index contributed by atoms with van der Waals surface area (Å²) in [6.45, 7) is 4.31. The Balaban J connectivity index is 2.31. The van der Waals surface area contributed by atoms with Gasteiger partial charge < -0.3 is 20.1 Å². The van der Waals surface area contributed by atoms with E-state index in [4.69, 9.17) is 24.3 Å². The van der Waals surface area contributed by atoms with E-state index in [1.54, 1.807) is 0 Å². The second-order valence-corrected chi connectivity index (χ2v) is 16.5. The van der Waals surface area contributed by atoms with Crippen molar-refractivity contribution < 1.29 is 32.8 Å². The SMILES string of the molecule is CCCCCCCC/C=C\CCCCCCCC(=O)O[C@H](COC(CCCCCCC/C=C\CCCCCCCC)=C1CC1)COP(=O)(O)OCCN. The molecule has 1 fully saturated rings. The highest BCUT2D eigenvalue weighted by molar-refractivity contribution is 7.47. The monoisotopic (exact) mass is 768 g/mol. The summed E-state index contributed by atoms with van der Waals surface area (Å²) in [4.78, 5) is 22.8. The van der Waals surface area contributed by atoms with Gasteiger partial charge in [0.2, 0.25) is 0 Å². The predicted molar refractivity (Wildman–Crippen MR) is 222 cm³/mol. The lowest BCUT2D eigenvalue weighted by Crippen LogP contribution is -2.28. The van der Waals surface area contributed by atoms with Crippen molar-refractivity contribution in [1.82, 2.24) is 0 Å². The highest BCUT2D eigenvalue weighted by Gasteiger charge is 2.26. The molecule has 0 saturated heterocycles. The largest absolute Gasteiger partial charge is 0.494 e. The van der Waals surface area contributed by atoms with Crippen LogP contribution in [-0.4, -0.2) is 43.3 Å². The van der Waals surface area contributed by atoms with Crippen LogP contribution in [0.3, 0.4) is 0 Å². The van der Waals surface area contributed by atoms with Gasteiger partial charge in [0, 0.05) is 19.4 Å². The van der Waals surface area contributed by atoms with Gasteiger partial charge in [-0.15, -0.1) is 0 Å². The molecular formula is C44H82NO7P. The first-order valence-electron chi connectivity index (χ1n) is 22.1. The number of unbranched alkanes of at least 4 members (excludes halogenated alkanes) is 22. The van der Waals surface area contributed by atoms with Crippen LogP contribution in [0.4, 0.5) is 0 Å². The van der Waals surface area contributed by atoms with Crippen LogP contribution in [0.2, 0.25) is 0 Å². The number of carbonyl (C=O) groups excluding carboxylic acids is 1. The summed E-state index contributed by atoms with van der Waals surface area (Å²) in [5, 5.41) is 0. The van der Waals surface area contributed by atoms with E-state index in [1.165, 1.54) is 128 Å². The molecule has 8 nitrogen and oxygen atoms in total. The van der Waals surface area contributed by atoms with Crippen molar-refractivity contribution >= 4 is 13.8 Å². The highest BCUT2D eigenvalue weighted by Crippen LogP contribution is 2.43. The van der Waals surface area contributed by atoms with E-state index in [0.29, 0.717) is 6.42 Å². The zero-order valence-electron chi connectivity index (χ0n) is 34.3. The van der Waals surface area contributed by atoms with E-state index in [9.17, 15) is 14.3 Å². The van der Waals surface area contributed by atoms with E-state index in [0.717, 1.165) is 70.0 Å². The minimum absolute atomic E-state index is 0.0823. The maximum absolute atomic E-state index is 12.8. The Bertz CT molecular complexity index is 992. The van der Waals surface area contributed by atoms with Crippen LogP contribution >= 0.6 is 7.82 Å². The van der Waals surface area contributed by atoms with E-state index in [1.807, 2.05) is 0 Å². The average molecular weight is 768 g/mol. The van der Waals surface area contributed by atoms with Gasteiger partial charge in [0.1, 0.15) is 6.61 Å². The Morgan fingerprint density at radius 3 is 1.53 bits per heavy atom. The number of carbonyl (C=O) groups is 1.